The normalized spacial score (nSPS) is 13.2. The summed E-state index contributed by atoms with van der Waals surface area (Å²) in [5.74, 6) is 1.89. The van der Waals surface area contributed by atoms with Crippen LogP contribution in [0, 0.1) is 0 Å². The first-order valence-electron chi connectivity index (χ1n) is 16.3. The van der Waals surface area contributed by atoms with Gasteiger partial charge in [-0.15, -0.1) is 5.10 Å². The molecular formula is C41H34N7+. The van der Waals surface area contributed by atoms with E-state index in [0.29, 0.717) is 17.5 Å². The van der Waals surface area contributed by atoms with Gasteiger partial charge < -0.3 is 0 Å². The molecule has 0 radical (unpaired) electrons. The van der Waals surface area contributed by atoms with Crippen molar-refractivity contribution in [2.45, 2.75) is 32.1 Å². The highest BCUT2D eigenvalue weighted by Gasteiger charge is 2.45. The van der Waals surface area contributed by atoms with Gasteiger partial charge in [0.1, 0.15) is 5.69 Å². The van der Waals surface area contributed by atoms with E-state index in [1.807, 2.05) is 95.8 Å². The molecule has 3 aromatic heterocycles. The molecule has 0 saturated carbocycles. The fraction of sp³-hybridized carbons (Fsp3) is 0.122. The van der Waals surface area contributed by atoms with E-state index in [4.69, 9.17) is 15.0 Å². The van der Waals surface area contributed by atoms with Crippen LogP contribution in [-0.4, -0.2) is 29.9 Å². The molecule has 0 spiro atoms. The summed E-state index contributed by atoms with van der Waals surface area (Å²) < 4.78 is 4.09. The highest BCUT2D eigenvalue weighted by molar-refractivity contribution is 5.75. The predicted molar refractivity (Wildman–Crippen MR) is 190 cm³/mol. The maximum absolute atomic E-state index is 4.86. The van der Waals surface area contributed by atoms with E-state index in [-0.39, 0.29) is 5.41 Å². The van der Waals surface area contributed by atoms with E-state index >= 15 is 0 Å². The summed E-state index contributed by atoms with van der Waals surface area (Å²) in [6.45, 7) is 9.06. The Morgan fingerprint density at radius 1 is 0.646 bits per heavy atom. The van der Waals surface area contributed by atoms with Crippen molar-refractivity contribution >= 4 is 5.70 Å². The van der Waals surface area contributed by atoms with Gasteiger partial charge >= 0.3 is 0 Å². The molecule has 0 saturated heterocycles. The first-order chi connectivity index (χ1) is 23.6. The Kier molecular flexibility index (Phi) is 7.29. The number of fused-ring (bicyclic) bond motifs is 3. The van der Waals surface area contributed by atoms with Gasteiger partial charge in [-0.2, -0.15) is 4.57 Å². The molecule has 7 nitrogen and oxygen atoms in total. The number of benzene rings is 4. The summed E-state index contributed by atoms with van der Waals surface area (Å²) in [4.78, 5) is 14.5. The van der Waals surface area contributed by atoms with Gasteiger partial charge in [-0.3, -0.25) is 0 Å². The topological polar surface area (TPSA) is 73.3 Å². The quantitative estimate of drug-likeness (QED) is 0.166. The van der Waals surface area contributed by atoms with Crippen LogP contribution in [-0.2, 0) is 5.41 Å². The Hall–Kier alpha value is -6.08. The molecule has 232 valence electrons. The molecule has 4 heterocycles. The van der Waals surface area contributed by atoms with E-state index in [0.717, 1.165) is 57.9 Å². The van der Waals surface area contributed by atoms with Crippen LogP contribution >= 0.6 is 0 Å². The second-order valence-electron chi connectivity index (χ2n) is 12.1. The maximum atomic E-state index is 4.86. The monoisotopic (exact) mass is 624 g/mol. The van der Waals surface area contributed by atoms with Gasteiger partial charge in [0.05, 0.1) is 22.9 Å². The largest absolute Gasteiger partial charge is 0.220 e. The molecule has 0 N–H and O–H groups in total. The van der Waals surface area contributed by atoms with Crippen molar-refractivity contribution in [1.29, 1.82) is 0 Å². The van der Waals surface area contributed by atoms with Crippen molar-refractivity contribution in [3.05, 3.63) is 146 Å². The molecule has 0 unspecified atom stereocenters. The second-order valence-corrected chi connectivity index (χ2v) is 12.1. The van der Waals surface area contributed by atoms with Gasteiger partial charge in [0.15, 0.2) is 29.4 Å². The van der Waals surface area contributed by atoms with Crippen molar-refractivity contribution < 1.29 is 4.57 Å². The molecule has 0 amide bonds. The van der Waals surface area contributed by atoms with Crippen molar-refractivity contribution in [1.82, 2.24) is 29.9 Å². The predicted octanol–water partition coefficient (Wildman–Crippen LogP) is 8.62. The molecule has 0 bridgehead atoms. The summed E-state index contributed by atoms with van der Waals surface area (Å²) in [5.41, 5.74) is 10.1. The highest BCUT2D eigenvalue weighted by atomic mass is 15.4. The lowest BCUT2D eigenvalue weighted by molar-refractivity contribution is -0.577. The summed E-state index contributed by atoms with van der Waals surface area (Å²) in [6, 6.07) is 41.1. The van der Waals surface area contributed by atoms with Crippen molar-refractivity contribution in [2.24, 2.45) is 0 Å². The van der Waals surface area contributed by atoms with Crippen molar-refractivity contribution in [2.75, 3.05) is 0 Å². The molecule has 8 rings (SSSR count). The molecule has 0 fully saturated rings. The Morgan fingerprint density at radius 3 is 1.81 bits per heavy atom. The number of rotatable bonds is 7. The number of aromatic nitrogens is 7. The van der Waals surface area contributed by atoms with Crippen LogP contribution < -0.4 is 4.57 Å². The number of hydrogen-bond acceptors (Lipinski definition) is 5. The summed E-state index contributed by atoms with van der Waals surface area (Å²) in [5, 5.41) is 9.09. The third-order valence-electron chi connectivity index (χ3n) is 9.60. The minimum atomic E-state index is -0.121. The Bertz CT molecular complexity index is 2210. The van der Waals surface area contributed by atoms with Gasteiger partial charge in [0.2, 0.25) is 5.69 Å². The molecule has 1 aliphatic rings. The zero-order chi connectivity index (χ0) is 32.7. The maximum Gasteiger partial charge on any atom is 0.218 e. The lowest BCUT2D eigenvalue weighted by Crippen LogP contribution is -2.48. The molecule has 48 heavy (non-hydrogen) atoms. The molecule has 0 atom stereocenters. The van der Waals surface area contributed by atoms with Crippen LogP contribution in [0.2, 0.25) is 0 Å². The minimum absolute atomic E-state index is 0.121. The summed E-state index contributed by atoms with van der Waals surface area (Å²) in [6.07, 6.45) is 6.05. The van der Waals surface area contributed by atoms with Gasteiger partial charge in [0, 0.05) is 34.4 Å². The standard InChI is InChI=1S/C41H34N7/c1-4-41(5-2)28(3)47-25-13-12-18-37(47)34-26-33(23-24-35(34)41)48-27-36(45-46-48)29-19-21-32(22-20-29)40-43-38(30-14-8-6-9-15-30)42-39(44-40)31-16-10-7-11-17-31/h6-27H,3-5H2,1-2H3/q+1. The Labute approximate surface area is 280 Å². The number of nitrogens with zero attached hydrogens (tertiary/aromatic N) is 7. The van der Waals surface area contributed by atoms with Crippen LogP contribution in [0.1, 0.15) is 32.3 Å². The molecule has 1 aliphatic heterocycles. The van der Waals surface area contributed by atoms with Crippen LogP contribution in [0.15, 0.2) is 140 Å². The first-order valence-corrected chi connectivity index (χ1v) is 16.3. The second kappa shape index (κ2) is 11.9. The van der Waals surface area contributed by atoms with Gasteiger partial charge in [-0.05, 0) is 43.2 Å². The average molecular weight is 625 g/mol. The van der Waals surface area contributed by atoms with E-state index in [1.165, 1.54) is 11.1 Å². The van der Waals surface area contributed by atoms with E-state index < -0.39 is 0 Å². The van der Waals surface area contributed by atoms with Gasteiger partial charge in [-0.25, -0.2) is 19.6 Å². The third-order valence-corrected chi connectivity index (χ3v) is 9.60. The average Bonchev–Trinajstić information content (AvgIpc) is 3.67. The molecular weight excluding hydrogens is 591 g/mol. The lowest BCUT2D eigenvalue weighted by Gasteiger charge is -2.35. The summed E-state index contributed by atoms with van der Waals surface area (Å²) in [7, 11) is 0. The smallest absolute Gasteiger partial charge is 0.218 e. The van der Waals surface area contributed by atoms with E-state index in [1.54, 1.807) is 0 Å². The number of allylic oxidation sites excluding steroid dienone is 1. The van der Waals surface area contributed by atoms with Crippen LogP contribution in [0.5, 0.6) is 0 Å². The highest BCUT2D eigenvalue weighted by Crippen LogP contribution is 2.46. The van der Waals surface area contributed by atoms with Gasteiger partial charge in [-0.1, -0.05) is 110 Å². The number of pyridine rings is 1. The SMILES string of the molecule is C=C1[n+]2ccccc2-c2cc(-n3cc(-c4ccc(-c5nc(-c6ccccc6)nc(-c6ccccc6)n5)cc4)nn3)ccc2C1(CC)CC. The van der Waals surface area contributed by atoms with E-state index in [2.05, 4.69) is 77.9 Å². The van der Waals surface area contributed by atoms with Crippen LogP contribution in [0.25, 0.3) is 68.1 Å². The first kappa shape index (κ1) is 29.3. The zero-order valence-corrected chi connectivity index (χ0v) is 27.0. The molecule has 4 aromatic carbocycles. The fourth-order valence-corrected chi connectivity index (χ4v) is 6.88. The number of hydrogen-bond donors (Lipinski definition) is 0. The van der Waals surface area contributed by atoms with E-state index in [9.17, 15) is 0 Å². The minimum Gasteiger partial charge on any atom is -0.220 e. The van der Waals surface area contributed by atoms with Crippen LogP contribution in [0.4, 0.5) is 0 Å². The van der Waals surface area contributed by atoms with Crippen LogP contribution in [0.3, 0.4) is 0 Å². The Morgan fingerprint density at radius 2 is 1.21 bits per heavy atom. The molecule has 0 aliphatic carbocycles. The van der Waals surface area contributed by atoms with Gasteiger partial charge in [0.25, 0.3) is 0 Å². The molecule has 7 heteroatoms. The van der Waals surface area contributed by atoms with Crippen molar-refractivity contribution in [3.8, 4) is 62.4 Å². The lowest BCUT2D eigenvalue weighted by atomic mass is 9.69. The summed E-state index contributed by atoms with van der Waals surface area (Å²) >= 11 is 0. The zero-order valence-electron chi connectivity index (χ0n) is 27.0. The Balaban J connectivity index is 1.13. The fourth-order valence-electron chi connectivity index (χ4n) is 6.88. The molecule has 7 aromatic rings. The van der Waals surface area contributed by atoms with Crippen molar-refractivity contribution in [3.63, 3.8) is 0 Å². The third kappa shape index (κ3) is 4.91.